The molecular weight excluding hydrogens is 436 g/mol. The van der Waals surface area contributed by atoms with E-state index in [1.807, 2.05) is 50.2 Å². The number of methoxy groups -OCH3 is 1. The highest BCUT2D eigenvalue weighted by Crippen LogP contribution is 2.25. The quantitative estimate of drug-likeness (QED) is 0.499. The monoisotopic (exact) mass is 466 g/mol. The Kier molecular flexibility index (Phi) is 7.76. The molecule has 0 saturated heterocycles. The van der Waals surface area contributed by atoms with Crippen LogP contribution in [-0.2, 0) is 21.2 Å². The Morgan fingerprint density at radius 2 is 1.58 bits per heavy atom. The minimum atomic E-state index is -3.98. The van der Waals surface area contributed by atoms with Gasteiger partial charge in [0.05, 0.1) is 23.7 Å². The Balaban J connectivity index is 1.86. The lowest BCUT2D eigenvalue weighted by Gasteiger charge is -2.25. The van der Waals surface area contributed by atoms with Gasteiger partial charge in [-0.25, -0.2) is 8.42 Å². The topological polar surface area (TPSA) is 75.7 Å². The number of anilines is 1. The minimum absolute atomic E-state index is 0.0832. The number of carbonyl (C=O) groups excluding carboxylic acids is 1. The van der Waals surface area contributed by atoms with Crippen molar-refractivity contribution >= 4 is 21.6 Å². The first kappa shape index (κ1) is 24.3. The second-order valence-electron chi connectivity index (χ2n) is 7.91. The van der Waals surface area contributed by atoms with Crippen molar-refractivity contribution < 1.29 is 17.9 Å². The van der Waals surface area contributed by atoms with Crippen LogP contribution < -0.4 is 14.4 Å². The van der Waals surface area contributed by atoms with Crippen molar-refractivity contribution in [1.29, 1.82) is 0 Å². The number of benzene rings is 3. The average molecular weight is 467 g/mol. The molecule has 0 spiro atoms. The molecule has 1 N–H and O–H groups in total. The fraction of sp³-hybridized carbons (Fsp3) is 0.269. The number of aryl methyl sites for hydroxylation is 2. The molecule has 1 atom stereocenters. The molecule has 0 bridgehead atoms. The van der Waals surface area contributed by atoms with E-state index in [-0.39, 0.29) is 23.4 Å². The van der Waals surface area contributed by atoms with Crippen LogP contribution >= 0.6 is 0 Å². The van der Waals surface area contributed by atoms with E-state index in [4.69, 9.17) is 4.74 Å². The van der Waals surface area contributed by atoms with Crippen molar-refractivity contribution in [3.8, 4) is 5.75 Å². The summed E-state index contributed by atoms with van der Waals surface area (Å²) in [4.78, 5) is 13.0. The van der Waals surface area contributed by atoms with Crippen LogP contribution in [0.5, 0.6) is 5.75 Å². The Labute approximate surface area is 196 Å². The van der Waals surface area contributed by atoms with Gasteiger partial charge >= 0.3 is 0 Å². The van der Waals surface area contributed by atoms with Crippen LogP contribution in [0.1, 0.15) is 36.6 Å². The van der Waals surface area contributed by atoms with Gasteiger partial charge in [-0.05, 0) is 67.8 Å². The van der Waals surface area contributed by atoms with Crippen LogP contribution in [0.25, 0.3) is 0 Å². The smallest absolute Gasteiger partial charge is 0.264 e. The molecule has 7 heteroatoms. The fourth-order valence-corrected chi connectivity index (χ4v) is 4.86. The highest BCUT2D eigenvalue weighted by atomic mass is 32.2. The average Bonchev–Trinajstić information content (AvgIpc) is 2.83. The van der Waals surface area contributed by atoms with Gasteiger partial charge in [-0.3, -0.25) is 9.10 Å². The van der Waals surface area contributed by atoms with Crippen molar-refractivity contribution in [1.82, 2.24) is 5.32 Å². The third-order valence-electron chi connectivity index (χ3n) is 5.52. The molecule has 3 aromatic carbocycles. The van der Waals surface area contributed by atoms with Gasteiger partial charge in [0.15, 0.2) is 0 Å². The molecule has 0 saturated carbocycles. The zero-order valence-electron chi connectivity index (χ0n) is 19.4. The highest BCUT2D eigenvalue weighted by molar-refractivity contribution is 7.92. The maximum atomic E-state index is 13.5. The standard InChI is InChI=1S/C26H30N2O4S/c1-5-21-8-10-22(11-9-21)20(3)27-26(29)18-28(23-12-6-19(2)7-13-23)33(30,31)25-16-14-24(32-4)15-17-25/h6-17,20H,5,18H2,1-4H3,(H,27,29)/t20-/m0/s1. The molecular formula is C26H30N2O4S. The van der Waals surface area contributed by atoms with E-state index in [1.165, 1.54) is 24.8 Å². The molecule has 33 heavy (non-hydrogen) atoms. The van der Waals surface area contributed by atoms with E-state index in [9.17, 15) is 13.2 Å². The number of hydrogen-bond donors (Lipinski definition) is 1. The molecule has 0 aromatic heterocycles. The summed E-state index contributed by atoms with van der Waals surface area (Å²) in [5.41, 5.74) is 3.59. The molecule has 0 unspecified atom stereocenters. The summed E-state index contributed by atoms with van der Waals surface area (Å²) < 4.78 is 33.2. The van der Waals surface area contributed by atoms with Crippen molar-refractivity contribution in [2.24, 2.45) is 0 Å². The summed E-state index contributed by atoms with van der Waals surface area (Å²) in [6.07, 6.45) is 0.940. The summed E-state index contributed by atoms with van der Waals surface area (Å²) in [6, 6.07) is 20.9. The summed E-state index contributed by atoms with van der Waals surface area (Å²) in [5.74, 6) is 0.163. The zero-order valence-corrected chi connectivity index (χ0v) is 20.2. The molecule has 0 aliphatic rings. The SMILES string of the molecule is CCc1ccc([C@H](C)NC(=O)CN(c2ccc(C)cc2)S(=O)(=O)c2ccc(OC)cc2)cc1. The van der Waals surface area contributed by atoms with Gasteiger partial charge < -0.3 is 10.1 Å². The zero-order chi connectivity index (χ0) is 24.0. The van der Waals surface area contributed by atoms with Crippen LogP contribution in [0.2, 0.25) is 0 Å². The van der Waals surface area contributed by atoms with Crippen molar-refractivity contribution in [2.45, 2.75) is 38.1 Å². The van der Waals surface area contributed by atoms with Crippen LogP contribution in [0.3, 0.4) is 0 Å². The second kappa shape index (κ2) is 10.5. The number of sulfonamides is 1. The third kappa shape index (κ3) is 5.93. The van der Waals surface area contributed by atoms with Crippen molar-refractivity contribution in [3.63, 3.8) is 0 Å². The molecule has 0 radical (unpaired) electrons. The lowest BCUT2D eigenvalue weighted by molar-refractivity contribution is -0.120. The lowest BCUT2D eigenvalue weighted by Crippen LogP contribution is -2.41. The van der Waals surface area contributed by atoms with Gasteiger partial charge in [0, 0.05) is 0 Å². The summed E-state index contributed by atoms with van der Waals surface area (Å²) >= 11 is 0. The van der Waals surface area contributed by atoms with Crippen LogP contribution in [0.15, 0.2) is 77.7 Å². The van der Waals surface area contributed by atoms with Gasteiger partial charge in [-0.2, -0.15) is 0 Å². The van der Waals surface area contributed by atoms with Gasteiger partial charge in [-0.1, -0.05) is 48.9 Å². The van der Waals surface area contributed by atoms with E-state index in [0.717, 1.165) is 21.9 Å². The van der Waals surface area contributed by atoms with Gasteiger partial charge in [0.2, 0.25) is 5.91 Å². The third-order valence-corrected chi connectivity index (χ3v) is 7.31. The Morgan fingerprint density at radius 3 is 2.12 bits per heavy atom. The predicted octanol–water partition coefficient (Wildman–Crippen LogP) is 4.64. The number of carbonyl (C=O) groups is 1. The van der Waals surface area contributed by atoms with Crippen molar-refractivity contribution in [2.75, 3.05) is 18.0 Å². The van der Waals surface area contributed by atoms with E-state index < -0.39 is 10.0 Å². The van der Waals surface area contributed by atoms with E-state index >= 15 is 0 Å². The predicted molar refractivity (Wildman–Crippen MR) is 131 cm³/mol. The summed E-state index contributed by atoms with van der Waals surface area (Å²) in [5, 5.41) is 2.92. The lowest BCUT2D eigenvalue weighted by atomic mass is 10.1. The molecule has 0 heterocycles. The fourth-order valence-electron chi connectivity index (χ4n) is 3.44. The van der Waals surface area contributed by atoms with Crippen LogP contribution in [0.4, 0.5) is 5.69 Å². The van der Waals surface area contributed by atoms with E-state index in [2.05, 4.69) is 12.2 Å². The number of rotatable bonds is 9. The molecule has 0 aliphatic heterocycles. The normalized spacial score (nSPS) is 12.1. The number of ether oxygens (including phenoxy) is 1. The number of nitrogens with one attached hydrogen (secondary N) is 1. The highest BCUT2D eigenvalue weighted by Gasteiger charge is 2.27. The molecule has 174 valence electrons. The largest absolute Gasteiger partial charge is 0.497 e. The molecule has 0 fully saturated rings. The summed E-state index contributed by atoms with van der Waals surface area (Å²) in [6.45, 7) is 5.55. The van der Waals surface area contributed by atoms with Gasteiger partial charge in [-0.15, -0.1) is 0 Å². The number of amides is 1. The Bertz CT molecular complexity index is 1170. The Hall–Kier alpha value is -3.32. The van der Waals surface area contributed by atoms with E-state index in [1.54, 1.807) is 24.3 Å². The minimum Gasteiger partial charge on any atom is -0.497 e. The Morgan fingerprint density at radius 1 is 0.970 bits per heavy atom. The van der Waals surface area contributed by atoms with Crippen LogP contribution in [-0.4, -0.2) is 28.0 Å². The summed E-state index contributed by atoms with van der Waals surface area (Å²) in [7, 11) is -2.46. The van der Waals surface area contributed by atoms with Crippen molar-refractivity contribution in [3.05, 3.63) is 89.5 Å². The molecule has 0 aliphatic carbocycles. The maximum absolute atomic E-state index is 13.5. The molecule has 6 nitrogen and oxygen atoms in total. The number of hydrogen-bond acceptors (Lipinski definition) is 4. The first-order valence-electron chi connectivity index (χ1n) is 10.9. The van der Waals surface area contributed by atoms with Crippen LogP contribution in [0, 0.1) is 6.92 Å². The molecule has 3 rings (SSSR count). The molecule has 3 aromatic rings. The maximum Gasteiger partial charge on any atom is 0.264 e. The first-order valence-corrected chi connectivity index (χ1v) is 12.3. The number of nitrogens with zero attached hydrogens (tertiary/aromatic N) is 1. The van der Waals surface area contributed by atoms with Gasteiger partial charge in [0.1, 0.15) is 12.3 Å². The van der Waals surface area contributed by atoms with Gasteiger partial charge in [0.25, 0.3) is 10.0 Å². The van der Waals surface area contributed by atoms with E-state index in [0.29, 0.717) is 11.4 Å². The first-order chi connectivity index (χ1) is 15.7. The second-order valence-corrected chi connectivity index (χ2v) is 9.77. The molecule has 1 amide bonds.